The van der Waals surface area contributed by atoms with E-state index in [-0.39, 0.29) is 11.8 Å². The fraction of sp³-hybridized carbons (Fsp3) is 0.652. The number of carbonyl (C=O) groups excluding carboxylic acids is 2. The summed E-state index contributed by atoms with van der Waals surface area (Å²) in [7, 11) is 0. The molecular weight excluding hydrogens is 368 g/mol. The summed E-state index contributed by atoms with van der Waals surface area (Å²) >= 11 is 1.38. The quantitative estimate of drug-likeness (QED) is 0.680. The molecule has 5 heteroatoms. The molecule has 152 valence electrons. The van der Waals surface area contributed by atoms with Gasteiger partial charge in [-0.3, -0.25) is 9.59 Å². The highest BCUT2D eigenvalue weighted by Crippen LogP contribution is 2.61. The molecule has 4 nitrogen and oxygen atoms in total. The predicted octanol–water partition coefficient (Wildman–Crippen LogP) is 4.39. The summed E-state index contributed by atoms with van der Waals surface area (Å²) in [6.07, 6.45) is 9.71. The minimum absolute atomic E-state index is 0.0536. The zero-order chi connectivity index (χ0) is 19.6. The Hall–Kier alpha value is -1.49. The summed E-state index contributed by atoms with van der Waals surface area (Å²) in [5, 5.41) is 5.96. The fourth-order valence-corrected chi connectivity index (χ4v) is 6.83. The van der Waals surface area contributed by atoms with Gasteiger partial charge >= 0.3 is 0 Å². The van der Waals surface area contributed by atoms with E-state index in [0.717, 1.165) is 42.0 Å². The summed E-state index contributed by atoms with van der Waals surface area (Å²) in [6, 6.07) is 7.74. The van der Waals surface area contributed by atoms with E-state index in [1.165, 1.54) is 50.3 Å². The van der Waals surface area contributed by atoms with Crippen LogP contribution in [0.1, 0.15) is 50.5 Å². The zero-order valence-electron chi connectivity index (χ0n) is 16.8. The molecule has 2 N–H and O–H groups in total. The maximum atomic E-state index is 12.1. The summed E-state index contributed by atoms with van der Waals surface area (Å²) in [4.78, 5) is 24.1. The van der Waals surface area contributed by atoms with Gasteiger partial charge in [-0.25, -0.2) is 0 Å². The van der Waals surface area contributed by atoms with E-state index in [9.17, 15) is 9.59 Å². The fourth-order valence-electron chi connectivity index (χ4n) is 6.18. The molecule has 5 rings (SSSR count). The maximum absolute atomic E-state index is 12.1. The van der Waals surface area contributed by atoms with E-state index in [0.29, 0.717) is 16.9 Å². The second-order valence-electron chi connectivity index (χ2n) is 9.42. The Bertz CT molecular complexity index is 681. The van der Waals surface area contributed by atoms with Gasteiger partial charge < -0.3 is 10.6 Å². The van der Waals surface area contributed by atoms with Crippen LogP contribution in [0.25, 0.3) is 0 Å². The van der Waals surface area contributed by atoms with E-state index in [1.807, 2.05) is 31.2 Å². The molecule has 1 aromatic carbocycles. The highest BCUT2D eigenvalue weighted by atomic mass is 32.2. The van der Waals surface area contributed by atoms with Crippen molar-refractivity contribution in [3.8, 4) is 0 Å². The molecule has 0 saturated heterocycles. The first kappa shape index (κ1) is 19.8. The number of thioether (sulfide) groups is 1. The van der Waals surface area contributed by atoms with Gasteiger partial charge in [-0.05, 0) is 87.2 Å². The van der Waals surface area contributed by atoms with Crippen LogP contribution in [0.3, 0.4) is 0 Å². The Kier molecular flexibility index (Phi) is 6.00. The Labute approximate surface area is 172 Å². The van der Waals surface area contributed by atoms with Gasteiger partial charge in [0, 0.05) is 12.2 Å². The number of aryl methyl sites for hydroxylation is 1. The third kappa shape index (κ3) is 4.91. The molecule has 28 heavy (non-hydrogen) atoms. The number of anilines is 1. The molecule has 4 fully saturated rings. The number of hydrogen-bond donors (Lipinski definition) is 2. The molecule has 1 aromatic rings. The molecule has 0 radical (unpaired) electrons. The van der Waals surface area contributed by atoms with Gasteiger partial charge in [0.05, 0.1) is 11.5 Å². The van der Waals surface area contributed by atoms with Crippen LogP contribution in [0.15, 0.2) is 24.3 Å². The Balaban J connectivity index is 1.12. The van der Waals surface area contributed by atoms with E-state index >= 15 is 0 Å². The van der Waals surface area contributed by atoms with Gasteiger partial charge in [0.25, 0.3) is 0 Å². The smallest absolute Gasteiger partial charge is 0.234 e. The summed E-state index contributed by atoms with van der Waals surface area (Å²) < 4.78 is 0. The molecule has 0 aromatic heterocycles. The van der Waals surface area contributed by atoms with Crippen LogP contribution in [0, 0.1) is 30.1 Å². The van der Waals surface area contributed by atoms with Crippen molar-refractivity contribution in [3.05, 3.63) is 29.8 Å². The van der Waals surface area contributed by atoms with Crippen molar-refractivity contribution in [2.75, 3.05) is 23.4 Å². The average Bonchev–Trinajstić information content (AvgIpc) is 2.62. The van der Waals surface area contributed by atoms with Crippen LogP contribution in [0.5, 0.6) is 0 Å². The molecule has 0 aliphatic heterocycles. The van der Waals surface area contributed by atoms with Crippen LogP contribution >= 0.6 is 11.8 Å². The Morgan fingerprint density at radius 2 is 1.54 bits per heavy atom. The summed E-state index contributed by atoms with van der Waals surface area (Å²) in [5.41, 5.74) is 2.48. The average molecular weight is 401 g/mol. The molecule has 0 spiro atoms. The van der Waals surface area contributed by atoms with Gasteiger partial charge in [-0.1, -0.05) is 17.7 Å². The molecule has 2 amide bonds. The standard InChI is InChI=1S/C23H32N2O2S/c1-16-2-4-20(5-3-16)25-22(27)15-28-14-21(26)24-7-6-23-11-17-8-18(12-23)10-19(9-17)13-23/h2-5,17-19H,6-15H2,1H3,(H,24,26)(H,25,27). The van der Waals surface area contributed by atoms with Crippen LogP contribution < -0.4 is 10.6 Å². The Morgan fingerprint density at radius 1 is 0.964 bits per heavy atom. The summed E-state index contributed by atoms with van der Waals surface area (Å²) in [5.74, 6) is 3.53. The highest BCUT2D eigenvalue weighted by molar-refractivity contribution is 8.00. The molecule has 0 atom stereocenters. The number of carbonyl (C=O) groups is 2. The van der Waals surface area contributed by atoms with E-state index in [1.54, 1.807) is 0 Å². The lowest BCUT2D eigenvalue weighted by Crippen LogP contribution is -2.47. The first-order valence-electron chi connectivity index (χ1n) is 10.7. The monoisotopic (exact) mass is 400 g/mol. The SMILES string of the molecule is Cc1ccc(NC(=O)CSCC(=O)NCCC23CC4CC(CC(C4)C2)C3)cc1. The maximum Gasteiger partial charge on any atom is 0.234 e. The van der Waals surface area contributed by atoms with E-state index < -0.39 is 0 Å². The first-order chi connectivity index (χ1) is 13.5. The predicted molar refractivity (Wildman–Crippen MR) is 115 cm³/mol. The van der Waals surface area contributed by atoms with Crippen LogP contribution in [0.2, 0.25) is 0 Å². The molecule has 4 bridgehead atoms. The van der Waals surface area contributed by atoms with Crippen LogP contribution in [-0.2, 0) is 9.59 Å². The van der Waals surface area contributed by atoms with Crippen molar-refractivity contribution in [2.24, 2.45) is 23.2 Å². The molecule has 0 unspecified atom stereocenters. The largest absolute Gasteiger partial charge is 0.355 e. The van der Waals surface area contributed by atoms with Gasteiger partial charge in [-0.15, -0.1) is 11.8 Å². The third-order valence-corrected chi connectivity index (χ3v) is 7.88. The number of benzene rings is 1. The van der Waals surface area contributed by atoms with Gasteiger partial charge in [0.2, 0.25) is 11.8 Å². The number of rotatable bonds is 8. The molecule has 4 aliphatic carbocycles. The van der Waals surface area contributed by atoms with Crippen molar-refractivity contribution in [2.45, 2.75) is 51.9 Å². The molecule has 4 aliphatic rings. The van der Waals surface area contributed by atoms with Crippen LogP contribution in [-0.4, -0.2) is 29.9 Å². The first-order valence-corrected chi connectivity index (χ1v) is 11.9. The highest BCUT2D eigenvalue weighted by Gasteiger charge is 2.50. The molecule has 0 heterocycles. The molecule has 4 saturated carbocycles. The Morgan fingerprint density at radius 3 is 2.14 bits per heavy atom. The van der Waals surface area contributed by atoms with Gasteiger partial charge in [0.1, 0.15) is 0 Å². The van der Waals surface area contributed by atoms with Crippen molar-refractivity contribution < 1.29 is 9.59 Å². The van der Waals surface area contributed by atoms with E-state index in [4.69, 9.17) is 0 Å². The molecular formula is C23H32N2O2S. The second kappa shape index (κ2) is 8.48. The normalized spacial score (nSPS) is 30.2. The minimum atomic E-state index is -0.0600. The topological polar surface area (TPSA) is 58.2 Å². The minimum Gasteiger partial charge on any atom is -0.355 e. The van der Waals surface area contributed by atoms with Gasteiger partial charge in [-0.2, -0.15) is 0 Å². The lowest BCUT2D eigenvalue weighted by atomic mass is 9.49. The van der Waals surface area contributed by atoms with Crippen molar-refractivity contribution in [1.29, 1.82) is 0 Å². The van der Waals surface area contributed by atoms with Gasteiger partial charge in [0.15, 0.2) is 0 Å². The van der Waals surface area contributed by atoms with E-state index in [2.05, 4.69) is 10.6 Å². The zero-order valence-corrected chi connectivity index (χ0v) is 17.7. The number of amides is 2. The summed E-state index contributed by atoms with van der Waals surface area (Å²) in [6.45, 7) is 2.81. The number of hydrogen-bond acceptors (Lipinski definition) is 3. The van der Waals surface area contributed by atoms with Crippen molar-refractivity contribution in [3.63, 3.8) is 0 Å². The lowest BCUT2D eigenvalue weighted by Gasteiger charge is -2.57. The second-order valence-corrected chi connectivity index (χ2v) is 10.4. The number of nitrogens with one attached hydrogen (secondary N) is 2. The third-order valence-electron chi connectivity index (χ3n) is 6.94. The van der Waals surface area contributed by atoms with Crippen LogP contribution in [0.4, 0.5) is 5.69 Å². The lowest BCUT2D eigenvalue weighted by molar-refractivity contribution is -0.119. The van der Waals surface area contributed by atoms with Crippen molar-refractivity contribution >= 4 is 29.3 Å². The van der Waals surface area contributed by atoms with Crippen molar-refractivity contribution in [1.82, 2.24) is 5.32 Å².